The van der Waals surface area contributed by atoms with Gasteiger partial charge in [0.2, 0.25) is 0 Å². The van der Waals surface area contributed by atoms with Gasteiger partial charge in [-0.3, -0.25) is 14.4 Å². The van der Waals surface area contributed by atoms with Crippen molar-refractivity contribution in [3.05, 3.63) is 78.5 Å². The van der Waals surface area contributed by atoms with Gasteiger partial charge in [0.05, 0.1) is 15.4 Å². The highest BCUT2D eigenvalue weighted by atomic mass is 79.9. The van der Waals surface area contributed by atoms with E-state index < -0.39 is 22.0 Å². The fourth-order valence-electron chi connectivity index (χ4n) is 5.61. The molecule has 5 rings (SSSR count). The summed E-state index contributed by atoms with van der Waals surface area (Å²) in [5.41, 5.74) is 3.18. The molecule has 8 nitrogen and oxygen atoms in total. The highest BCUT2D eigenvalue weighted by Crippen LogP contribution is 2.51. The summed E-state index contributed by atoms with van der Waals surface area (Å²) in [4.78, 5) is 40.1. The minimum atomic E-state index is -4.19. The Balaban J connectivity index is 1.60. The molecule has 0 spiro atoms. The minimum Gasteiger partial charge on any atom is -0.481 e. The number of ketones is 2. The molecule has 0 amide bonds. The van der Waals surface area contributed by atoms with Crippen molar-refractivity contribution >= 4 is 71.1 Å². The Morgan fingerprint density at radius 1 is 0.950 bits per heavy atom. The lowest BCUT2D eigenvalue weighted by molar-refractivity contribution is -0.137. The molecule has 1 N–H and O–H groups in total. The number of aliphatic carboxylic acids is 1. The quantitative estimate of drug-likeness (QED) is 0.323. The normalized spacial score (nSPS) is 18.1. The smallest absolute Gasteiger partial charge is 0.339 e. The van der Waals surface area contributed by atoms with Crippen LogP contribution in [0.25, 0.3) is 0 Å². The van der Waals surface area contributed by atoms with Crippen LogP contribution in [0.3, 0.4) is 0 Å². The molecule has 3 aliphatic rings. The first kappa shape index (κ1) is 29.0. The van der Waals surface area contributed by atoms with Crippen molar-refractivity contribution in [1.82, 2.24) is 4.90 Å². The van der Waals surface area contributed by atoms with Crippen molar-refractivity contribution in [2.75, 3.05) is 6.54 Å². The van der Waals surface area contributed by atoms with Crippen molar-refractivity contribution in [3.8, 4) is 5.75 Å². The van der Waals surface area contributed by atoms with Crippen LogP contribution in [0.4, 0.5) is 0 Å². The summed E-state index contributed by atoms with van der Waals surface area (Å²) in [5, 5.41) is 9.74. The van der Waals surface area contributed by atoms with E-state index in [0.29, 0.717) is 69.2 Å². The molecule has 210 valence electrons. The first-order chi connectivity index (χ1) is 19.0. The maximum Gasteiger partial charge on any atom is 0.339 e. The van der Waals surface area contributed by atoms with Crippen LogP contribution in [0.15, 0.2) is 72.8 Å². The van der Waals surface area contributed by atoms with Crippen LogP contribution in [-0.2, 0) is 24.5 Å². The summed E-state index contributed by atoms with van der Waals surface area (Å²) in [7, 11) is -4.19. The van der Waals surface area contributed by atoms with Gasteiger partial charge >= 0.3 is 16.1 Å². The third-order valence-corrected chi connectivity index (χ3v) is 9.95. The van der Waals surface area contributed by atoms with Crippen molar-refractivity contribution in [2.24, 2.45) is 0 Å². The second kappa shape index (κ2) is 11.4. The zero-order chi connectivity index (χ0) is 28.8. The number of nitrogens with zero attached hydrogens (tertiary/aromatic N) is 1. The molecule has 0 aromatic heterocycles. The Morgan fingerprint density at radius 3 is 1.98 bits per heavy atom. The molecule has 2 aromatic rings. The Morgan fingerprint density at radius 2 is 1.48 bits per heavy atom. The van der Waals surface area contributed by atoms with E-state index in [9.17, 15) is 27.9 Å². The van der Waals surface area contributed by atoms with Crippen molar-refractivity contribution in [1.29, 1.82) is 0 Å². The number of carboxylic acid groups (broad SMARTS) is 1. The summed E-state index contributed by atoms with van der Waals surface area (Å²) in [5.74, 6) is -1.73. The van der Waals surface area contributed by atoms with Crippen LogP contribution < -0.4 is 4.18 Å². The number of carboxylic acids is 1. The highest BCUT2D eigenvalue weighted by Gasteiger charge is 2.43. The number of hydrogen-bond acceptors (Lipinski definition) is 7. The Labute approximate surface area is 253 Å². The number of benzene rings is 2. The number of allylic oxidation sites excluding steroid dienone is 4. The van der Waals surface area contributed by atoms with Crippen LogP contribution in [-0.4, -0.2) is 42.5 Å². The van der Waals surface area contributed by atoms with E-state index in [1.54, 1.807) is 12.1 Å². The van der Waals surface area contributed by atoms with Gasteiger partial charge in [-0.15, -0.1) is 0 Å². The summed E-state index contributed by atoms with van der Waals surface area (Å²) < 4.78 is 32.0. The summed E-state index contributed by atoms with van der Waals surface area (Å²) in [6.07, 6.45) is 3.05. The zero-order valence-corrected chi connectivity index (χ0v) is 25.8. The molecule has 40 heavy (non-hydrogen) atoms. The summed E-state index contributed by atoms with van der Waals surface area (Å²) in [6.45, 7) is 0.184. The van der Waals surface area contributed by atoms with Gasteiger partial charge in [0.25, 0.3) is 0 Å². The van der Waals surface area contributed by atoms with Gasteiger partial charge in [-0.05, 0) is 99.5 Å². The van der Waals surface area contributed by atoms with Gasteiger partial charge in [-0.25, -0.2) is 0 Å². The number of halogens is 3. The molecule has 0 saturated carbocycles. The van der Waals surface area contributed by atoms with E-state index in [1.165, 1.54) is 24.3 Å². The van der Waals surface area contributed by atoms with Gasteiger partial charge in [0, 0.05) is 52.9 Å². The standard InChI is InChI=1S/C28H24Br2ClNO7S/c29-18-13-15(14-19(30)28(18)39-40(37,38)17-9-7-16(31)8-10-17)25-26-20(3-1-5-22(26)33)32(12-11-24(35)36)21-4-2-6-23(34)27(21)25/h7-10,13-14,25H,1-6,11-12H2,(H,35,36). The highest BCUT2D eigenvalue weighted by molar-refractivity contribution is 9.11. The predicted molar refractivity (Wildman–Crippen MR) is 155 cm³/mol. The van der Waals surface area contributed by atoms with Gasteiger partial charge in [-0.1, -0.05) is 11.6 Å². The molecule has 0 saturated heterocycles. The van der Waals surface area contributed by atoms with Crippen molar-refractivity contribution in [3.63, 3.8) is 0 Å². The van der Waals surface area contributed by atoms with Gasteiger partial charge in [-0.2, -0.15) is 8.42 Å². The molecule has 2 aliphatic carbocycles. The zero-order valence-electron chi connectivity index (χ0n) is 21.1. The molecular weight excluding hydrogens is 690 g/mol. The monoisotopic (exact) mass is 711 g/mol. The number of rotatable bonds is 7. The van der Waals surface area contributed by atoms with E-state index in [4.69, 9.17) is 15.8 Å². The molecule has 0 atom stereocenters. The Kier molecular flexibility index (Phi) is 8.29. The molecule has 1 heterocycles. The molecular formula is C28H24Br2ClNO7S. The first-order valence-electron chi connectivity index (χ1n) is 12.7. The molecule has 0 fully saturated rings. The van der Waals surface area contributed by atoms with Crippen molar-refractivity contribution < 1.29 is 32.1 Å². The second-order valence-corrected chi connectivity index (χ2v) is 13.5. The van der Waals surface area contributed by atoms with E-state index >= 15 is 0 Å². The number of hydrogen-bond donors (Lipinski definition) is 1. The SMILES string of the molecule is O=C(O)CCN1C2=C(C(=O)CCC2)C(c2cc(Br)c(OS(=O)(=O)c3ccc(Cl)cc3)c(Br)c2)C2=C1CCCC2=O. The Bertz CT molecular complexity index is 1530. The largest absolute Gasteiger partial charge is 0.481 e. The number of carbonyl (C=O) groups excluding carboxylic acids is 2. The molecule has 0 unspecified atom stereocenters. The lowest BCUT2D eigenvalue weighted by Crippen LogP contribution is -2.39. The lowest BCUT2D eigenvalue weighted by Gasteiger charge is -2.44. The predicted octanol–water partition coefficient (Wildman–Crippen LogP) is 6.52. The van der Waals surface area contributed by atoms with Crippen LogP contribution >= 0.6 is 43.5 Å². The van der Waals surface area contributed by atoms with Gasteiger partial charge < -0.3 is 14.2 Å². The topological polar surface area (TPSA) is 118 Å². The summed E-state index contributed by atoms with van der Waals surface area (Å²) >= 11 is 12.8. The van der Waals surface area contributed by atoms with E-state index in [-0.39, 0.29) is 35.2 Å². The Hall–Kier alpha value is -2.47. The average molecular weight is 714 g/mol. The van der Waals surface area contributed by atoms with Crippen LogP contribution in [0.2, 0.25) is 5.02 Å². The first-order valence-corrected chi connectivity index (χ1v) is 16.1. The number of Topliss-reactive ketones (excluding diaryl/α,β-unsaturated/α-hetero) is 2. The molecule has 0 radical (unpaired) electrons. The average Bonchev–Trinajstić information content (AvgIpc) is 2.89. The summed E-state index contributed by atoms with van der Waals surface area (Å²) in [6, 6.07) is 8.94. The van der Waals surface area contributed by atoms with Crippen LogP contribution in [0.1, 0.15) is 56.4 Å². The van der Waals surface area contributed by atoms with Crippen LogP contribution in [0.5, 0.6) is 5.75 Å². The maximum absolute atomic E-state index is 13.4. The van der Waals surface area contributed by atoms with E-state index in [2.05, 4.69) is 31.9 Å². The molecule has 2 aromatic carbocycles. The maximum atomic E-state index is 13.4. The van der Waals surface area contributed by atoms with Gasteiger partial charge in [0.1, 0.15) is 4.90 Å². The van der Waals surface area contributed by atoms with Gasteiger partial charge in [0.15, 0.2) is 17.3 Å². The lowest BCUT2D eigenvalue weighted by atomic mass is 9.71. The molecule has 0 bridgehead atoms. The minimum absolute atomic E-state index is 0.0194. The second-order valence-electron chi connectivity index (χ2n) is 9.81. The third kappa shape index (κ3) is 5.53. The van der Waals surface area contributed by atoms with E-state index in [1.807, 2.05) is 4.90 Å². The van der Waals surface area contributed by atoms with E-state index in [0.717, 1.165) is 11.4 Å². The van der Waals surface area contributed by atoms with Crippen molar-refractivity contribution in [2.45, 2.75) is 55.8 Å². The molecule has 1 aliphatic heterocycles. The third-order valence-electron chi connectivity index (χ3n) is 7.29. The van der Waals surface area contributed by atoms with Crippen LogP contribution in [0, 0.1) is 0 Å². The fraction of sp³-hybridized carbons (Fsp3) is 0.321. The number of carbonyl (C=O) groups is 3. The fourth-order valence-corrected chi connectivity index (χ4v) is 8.30. The molecule has 12 heteroatoms.